The number of fused-ring (bicyclic) bond motifs is 8. The Bertz CT molecular complexity index is 3460. The maximum absolute atomic E-state index is 5.26. The molecule has 270 valence electrons. The van der Waals surface area contributed by atoms with Gasteiger partial charge in [0.2, 0.25) is 0 Å². The van der Waals surface area contributed by atoms with E-state index in [0.29, 0.717) is 17.5 Å². The minimum Gasteiger partial charge on any atom is -0.308 e. The van der Waals surface area contributed by atoms with Gasteiger partial charge in [-0.25, -0.2) is 15.0 Å². The SMILES string of the molecule is c1ccc(-c2ccc(-c3nc(-c4ccccc4)nc(-c4cc(-n5c6cc7ccccc7cc6c6cc7ccccc7cc65)c5c(c4)sc4ccccc45)n3)cc2)cc1. The quantitative estimate of drug-likeness (QED) is 0.176. The van der Waals surface area contributed by atoms with Crippen molar-refractivity contribution in [2.75, 3.05) is 0 Å². The largest absolute Gasteiger partial charge is 0.308 e. The molecule has 0 aliphatic rings. The zero-order chi connectivity index (χ0) is 38.2. The molecule has 9 aromatic carbocycles. The van der Waals surface area contributed by atoms with Crippen molar-refractivity contribution in [2.45, 2.75) is 0 Å². The molecule has 12 aromatic rings. The predicted molar refractivity (Wildman–Crippen MR) is 244 cm³/mol. The first-order chi connectivity index (χ1) is 28.7. The molecule has 0 saturated carbocycles. The standard InChI is InChI=1S/C53H32N4S/c1-3-13-33(14-4-1)34-23-25-36(26-24-34)52-54-51(35-15-5-2-6-16-35)55-53(56-52)41-31-47(50-42-21-11-12-22-48(42)58-49(50)32-41)57-45-29-39-19-9-7-17-37(39)27-43(45)44-28-38-18-8-10-20-40(38)30-46(44)57/h1-32H. The van der Waals surface area contributed by atoms with Gasteiger partial charge in [0, 0.05) is 47.6 Å². The fourth-order valence-electron chi connectivity index (χ4n) is 8.58. The second-order valence-corrected chi connectivity index (χ2v) is 15.9. The van der Waals surface area contributed by atoms with E-state index in [1.807, 2.05) is 35.6 Å². The van der Waals surface area contributed by atoms with Gasteiger partial charge in [-0.15, -0.1) is 11.3 Å². The molecule has 0 saturated heterocycles. The van der Waals surface area contributed by atoms with E-state index in [1.165, 1.54) is 58.1 Å². The van der Waals surface area contributed by atoms with Gasteiger partial charge in [-0.2, -0.15) is 0 Å². The van der Waals surface area contributed by atoms with Crippen LogP contribution < -0.4 is 0 Å². The molecule has 5 heteroatoms. The molecule has 0 fully saturated rings. The molecular formula is C53H32N4S. The molecule has 3 aromatic heterocycles. The van der Waals surface area contributed by atoms with Crippen molar-refractivity contribution in [1.29, 1.82) is 0 Å². The lowest BCUT2D eigenvalue weighted by Gasteiger charge is -2.14. The van der Waals surface area contributed by atoms with E-state index in [-0.39, 0.29) is 0 Å². The molecule has 4 nitrogen and oxygen atoms in total. The Balaban J connectivity index is 1.15. The van der Waals surface area contributed by atoms with Crippen LogP contribution >= 0.6 is 11.3 Å². The van der Waals surface area contributed by atoms with Gasteiger partial charge in [-0.05, 0) is 75.1 Å². The van der Waals surface area contributed by atoms with Crippen molar-refractivity contribution in [1.82, 2.24) is 19.5 Å². The summed E-state index contributed by atoms with van der Waals surface area (Å²) in [4.78, 5) is 15.6. The summed E-state index contributed by atoms with van der Waals surface area (Å²) in [6, 6.07) is 69.3. The third-order valence-corrected chi connectivity index (χ3v) is 12.5. The van der Waals surface area contributed by atoms with Crippen molar-refractivity contribution in [3.8, 4) is 51.0 Å². The summed E-state index contributed by atoms with van der Waals surface area (Å²) in [6.45, 7) is 0. The molecule has 0 radical (unpaired) electrons. The van der Waals surface area contributed by atoms with Gasteiger partial charge < -0.3 is 4.57 Å². The first-order valence-electron chi connectivity index (χ1n) is 19.5. The van der Waals surface area contributed by atoms with Crippen molar-refractivity contribution in [3.05, 3.63) is 194 Å². The van der Waals surface area contributed by atoms with Gasteiger partial charge in [0.25, 0.3) is 0 Å². The lowest BCUT2D eigenvalue weighted by Crippen LogP contribution is -2.01. The van der Waals surface area contributed by atoms with Gasteiger partial charge in [0.05, 0.1) is 16.7 Å². The van der Waals surface area contributed by atoms with Crippen LogP contribution in [0.3, 0.4) is 0 Å². The number of benzene rings is 9. The van der Waals surface area contributed by atoms with Crippen LogP contribution in [0.25, 0.3) is 115 Å². The van der Waals surface area contributed by atoms with Crippen molar-refractivity contribution < 1.29 is 0 Å². The number of hydrogen-bond donors (Lipinski definition) is 0. The maximum atomic E-state index is 5.26. The molecule has 0 aliphatic carbocycles. The first kappa shape index (κ1) is 32.7. The molecule has 0 bridgehead atoms. The van der Waals surface area contributed by atoms with E-state index in [0.717, 1.165) is 39.0 Å². The van der Waals surface area contributed by atoms with E-state index in [2.05, 4.69) is 174 Å². The lowest BCUT2D eigenvalue weighted by molar-refractivity contribution is 1.07. The van der Waals surface area contributed by atoms with E-state index in [1.54, 1.807) is 0 Å². The van der Waals surface area contributed by atoms with Crippen LogP contribution in [-0.4, -0.2) is 19.5 Å². The molecule has 0 amide bonds. The topological polar surface area (TPSA) is 43.6 Å². The average Bonchev–Trinajstić information content (AvgIpc) is 3.82. The van der Waals surface area contributed by atoms with Crippen LogP contribution in [0.5, 0.6) is 0 Å². The van der Waals surface area contributed by atoms with Gasteiger partial charge in [-0.3, -0.25) is 0 Å². The molecule has 0 spiro atoms. The minimum atomic E-state index is 0.633. The zero-order valence-electron chi connectivity index (χ0n) is 31.2. The Morgan fingerprint density at radius 1 is 0.328 bits per heavy atom. The van der Waals surface area contributed by atoms with Gasteiger partial charge >= 0.3 is 0 Å². The Labute approximate surface area is 338 Å². The first-order valence-corrected chi connectivity index (χ1v) is 20.3. The second-order valence-electron chi connectivity index (χ2n) is 14.9. The summed E-state index contributed by atoms with van der Waals surface area (Å²) < 4.78 is 4.91. The summed E-state index contributed by atoms with van der Waals surface area (Å²) >= 11 is 1.81. The summed E-state index contributed by atoms with van der Waals surface area (Å²) in [5.74, 6) is 1.91. The number of hydrogen-bond acceptors (Lipinski definition) is 4. The van der Waals surface area contributed by atoms with Gasteiger partial charge in [0.1, 0.15) is 0 Å². The summed E-state index contributed by atoms with van der Waals surface area (Å²) in [7, 11) is 0. The Kier molecular flexibility index (Phi) is 7.37. The highest BCUT2D eigenvalue weighted by molar-refractivity contribution is 7.26. The molecule has 58 heavy (non-hydrogen) atoms. The molecule has 0 unspecified atom stereocenters. The highest BCUT2D eigenvalue weighted by Gasteiger charge is 2.21. The minimum absolute atomic E-state index is 0.633. The van der Waals surface area contributed by atoms with E-state index >= 15 is 0 Å². The summed E-state index contributed by atoms with van der Waals surface area (Å²) in [5, 5.41) is 9.78. The molecule has 0 atom stereocenters. The highest BCUT2D eigenvalue weighted by atomic mass is 32.1. The van der Waals surface area contributed by atoms with Crippen LogP contribution in [0.4, 0.5) is 0 Å². The predicted octanol–water partition coefficient (Wildman–Crippen LogP) is 14.3. The molecule has 12 rings (SSSR count). The molecule has 3 heterocycles. The number of rotatable bonds is 5. The van der Waals surface area contributed by atoms with Crippen LogP contribution in [0.2, 0.25) is 0 Å². The Hall–Kier alpha value is -7.47. The Morgan fingerprint density at radius 2 is 0.776 bits per heavy atom. The van der Waals surface area contributed by atoms with Crippen LogP contribution in [0.15, 0.2) is 194 Å². The number of aromatic nitrogens is 4. The zero-order valence-corrected chi connectivity index (χ0v) is 32.0. The Morgan fingerprint density at radius 3 is 1.38 bits per heavy atom. The average molecular weight is 757 g/mol. The molecule has 0 N–H and O–H groups in total. The van der Waals surface area contributed by atoms with Gasteiger partial charge in [0.15, 0.2) is 17.5 Å². The van der Waals surface area contributed by atoms with Crippen LogP contribution in [-0.2, 0) is 0 Å². The van der Waals surface area contributed by atoms with E-state index in [4.69, 9.17) is 15.0 Å². The second kappa shape index (κ2) is 13.1. The van der Waals surface area contributed by atoms with Gasteiger partial charge in [-0.1, -0.05) is 152 Å². The summed E-state index contributed by atoms with van der Waals surface area (Å²) in [6.07, 6.45) is 0. The summed E-state index contributed by atoms with van der Waals surface area (Å²) in [5.41, 5.74) is 8.56. The monoisotopic (exact) mass is 756 g/mol. The van der Waals surface area contributed by atoms with Crippen molar-refractivity contribution in [3.63, 3.8) is 0 Å². The van der Waals surface area contributed by atoms with Crippen molar-refractivity contribution in [2.24, 2.45) is 0 Å². The lowest BCUT2D eigenvalue weighted by atomic mass is 10.0. The van der Waals surface area contributed by atoms with Crippen molar-refractivity contribution >= 4 is 74.9 Å². The smallest absolute Gasteiger partial charge is 0.164 e. The van der Waals surface area contributed by atoms with Crippen LogP contribution in [0, 0.1) is 0 Å². The fraction of sp³-hybridized carbons (Fsp3) is 0. The molecule has 0 aliphatic heterocycles. The van der Waals surface area contributed by atoms with E-state index in [9.17, 15) is 0 Å². The number of nitrogens with zero attached hydrogens (tertiary/aromatic N) is 4. The highest BCUT2D eigenvalue weighted by Crippen LogP contribution is 2.44. The normalized spacial score (nSPS) is 11.8. The third-order valence-electron chi connectivity index (χ3n) is 11.4. The molecular weight excluding hydrogens is 725 g/mol. The van der Waals surface area contributed by atoms with Crippen LogP contribution in [0.1, 0.15) is 0 Å². The van der Waals surface area contributed by atoms with E-state index < -0.39 is 0 Å². The third kappa shape index (κ3) is 5.32. The number of thiophene rings is 1. The maximum Gasteiger partial charge on any atom is 0.164 e. The fourth-order valence-corrected chi connectivity index (χ4v) is 9.74.